The lowest BCUT2D eigenvalue weighted by atomic mass is 9.81. The Bertz CT molecular complexity index is 590. The zero-order valence-electron chi connectivity index (χ0n) is 14.2. The standard InChI is InChI=1S/C19H26N2O3/c1-24-11-10-21-13-17-12-20(14-19(17,15-21)18(22)23)9-5-8-16-6-3-2-4-7-16/h2-8,17H,9-15H2,1H3,(H,22,23)/b8-5+/t17-,19-/m1/s1. The SMILES string of the molecule is COCCN1C[C@H]2CN(C/C=C/c3ccccc3)C[C@@]2(C(=O)O)C1. The highest BCUT2D eigenvalue weighted by atomic mass is 16.5. The van der Waals surface area contributed by atoms with Gasteiger partial charge >= 0.3 is 5.97 Å². The maximum atomic E-state index is 12.0. The molecule has 1 aromatic carbocycles. The molecule has 2 atom stereocenters. The third-order valence-corrected chi connectivity index (χ3v) is 5.26. The Hall–Kier alpha value is -1.69. The Labute approximate surface area is 143 Å². The molecule has 1 aromatic rings. The first-order chi connectivity index (χ1) is 11.6. The number of likely N-dealkylation sites (tertiary alicyclic amines) is 2. The van der Waals surface area contributed by atoms with Crippen LogP contribution in [0.3, 0.4) is 0 Å². The number of aliphatic carboxylic acids is 1. The van der Waals surface area contributed by atoms with Crippen LogP contribution >= 0.6 is 0 Å². The predicted octanol–water partition coefficient (Wildman–Crippen LogP) is 1.66. The van der Waals surface area contributed by atoms with E-state index in [0.29, 0.717) is 19.7 Å². The fourth-order valence-electron chi connectivity index (χ4n) is 4.01. The summed E-state index contributed by atoms with van der Waals surface area (Å²) in [5.41, 5.74) is 0.560. The number of nitrogens with zero attached hydrogens (tertiary/aromatic N) is 2. The van der Waals surface area contributed by atoms with Gasteiger partial charge in [-0.3, -0.25) is 14.6 Å². The van der Waals surface area contributed by atoms with Gasteiger partial charge < -0.3 is 9.84 Å². The van der Waals surface area contributed by atoms with Crippen LogP contribution in [-0.2, 0) is 9.53 Å². The molecule has 0 spiro atoms. The monoisotopic (exact) mass is 330 g/mol. The lowest BCUT2D eigenvalue weighted by molar-refractivity contribution is -0.148. The summed E-state index contributed by atoms with van der Waals surface area (Å²) in [7, 11) is 1.69. The molecule has 2 heterocycles. The van der Waals surface area contributed by atoms with Crippen LogP contribution in [0.25, 0.3) is 6.08 Å². The molecule has 1 N–H and O–H groups in total. The number of benzene rings is 1. The molecule has 2 fully saturated rings. The van der Waals surface area contributed by atoms with Crippen molar-refractivity contribution in [1.82, 2.24) is 9.80 Å². The quantitative estimate of drug-likeness (QED) is 0.824. The number of carbonyl (C=O) groups is 1. The van der Waals surface area contributed by atoms with Crippen LogP contribution in [0, 0.1) is 11.3 Å². The summed E-state index contributed by atoms with van der Waals surface area (Å²) in [5.74, 6) is -0.445. The lowest BCUT2D eigenvalue weighted by Gasteiger charge is -2.25. The molecule has 0 unspecified atom stereocenters. The van der Waals surface area contributed by atoms with Crippen molar-refractivity contribution in [3.05, 3.63) is 42.0 Å². The van der Waals surface area contributed by atoms with Gasteiger partial charge in [-0.25, -0.2) is 0 Å². The van der Waals surface area contributed by atoms with Gasteiger partial charge in [-0.15, -0.1) is 0 Å². The summed E-state index contributed by atoms with van der Waals surface area (Å²) in [6, 6.07) is 10.2. The highest BCUT2D eigenvalue weighted by molar-refractivity contribution is 5.77. The van der Waals surface area contributed by atoms with Crippen molar-refractivity contribution in [2.75, 3.05) is 53.0 Å². The normalized spacial score (nSPS) is 27.8. The van der Waals surface area contributed by atoms with Gasteiger partial charge in [0.1, 0.15) is 0 Å². The Morgan fingerprint density at radius 1 is 1.29 bits per heavy atom. The number of carboxylic acids is 1. The van der Waals surface area contributed by atoms with Gasteiger partial charge in [-0.05, 0) is 5.56 Å². The molecule has 24 heavy (non-hydrogen) atoms. The van der Waals surface area contributed by atoms with Gasteiger partial charge in [0.15, 0.2) is 0 Å². The minimum atomic E-state index is -0.651. The molecule has 2 aliphatic rings. The average molecular weight is 330 g/mol. The van der Waals surface area contributed by atoms with Gasteiger partial charge in [0, 0.05) is 52.3 Å². The summed E-state index contributed by atoms with van der Waals surface area (Å²) >= 11 is 0. The highest BCUT2D eigenvalue weighted by Gasteiger charge is 2.57. The van der Waals surface area contributed by atoms with Gasteiger partial charge in [0.25, 0.3) is 0 Å². The summed E-state index contributed by atoms with van der Waals surface area (Å²) < 4.78 is 5.13. The minimum Gasteiger partial charge on any atom is -0.481 e. The van der Waals surface area contributed by atoms with Crippen molar-refractivity contribution < 1.29 is 14.6 Å². The molecule has 3 rings (SSSR count). The second kappa shape index (κ2) is 7.47. The molecule has 130 valence electrons. The topological polar surface area (TPSA) is 53.0 Å². The van der Waals surface area contributed by atoms with Crippen LogP contribution in [0.1, 0.15) is 5.56 Å². The zero-order valence-corrected chi connectivity index (χ0v) is 14.2. The fraction of sp³-hybridized carbons (Fsp3) is 0.526. The van der Waals surface area contributed by atoms with E-state index in [1.807, 2.05) is 18.2 Å². The summed E-state index contributed by atoms with van der Waals surface area (Å²) in [5, 5.41) is 9.84. The smallest absolute Gasteiger partial charge is 0.312 e. The molecule has 0 bridgehead atoms. The molecule has 2 aliphatic heterocycles. The molecule has 0 amide bonds. The molecule has 0 radical (unpaired) electrons. The minimum absolute atomic E-state index is 0.206. The van der Waals surface area contributed by atoms with Gasteiger partial charge in [0.2, 0.25) is 0 Å². The van der Waals surface area contributed by atoms with Crippen LogP contribution in [-0.4, -0.2) is 73.9 Å². The van der Waals surface area contributed by atoms with Crippen molar-refractivity contribution in [2.24, 2.45) is 11.3 Å². The number of rotatable bonds is 7. The van der Waals surface area contributed by atoms with E-state index in [1.165, 1.54) is 5.56 Å². The van der Waals surface area contributed by atoms with Crippen LogP contribution < -0.4 is 0 Å². The number of methoxy groups -OCH3 is 1. The number of fused-ring (bicyclic) bond motifs is 1. The number of hydrogen-bond donors (Lipinski definition) is 1. The first-order valence-corrected chi connectivity index (χ1v) is 8.53. The van der Waals surface area contributed by atoms with Crippen molar-refractivity contribution in [2.45, 2.75) is 0 Å². The number of hydrogen-bond acceptors (Lipinski definition) is 4. The van der Waals surface area contributed by atoms with Crippen LogP contribution in [0.15, 0.2) is 36.4 Å². The summed E-state index contributed by atoms with van der Waals surface area (Å²) in [6.07, 6.45) is 4.24. The number of ether oxygens (including phenoxy) is 1. The third kappa shape index (κ3) is 3.53. The van der Waals surface area contributed by atoms with Crippen molar-refractivity contribution in [3.63, 3.8) is 0 Å². The van der Waals surface area contributed by atoms with E-state index in [4.69, 9.17) is 4.74 Å². The van der Waals surface area contributed by atoms with E-state index in [0.717, 1.165) is 26.2 Å². The average Bonchev–Trinajstić information content (AvgIpc) is 3.08. The molecule has 5 heteroatoms. The Morgan fingerprint density at radius 3 is 2.67 bits per heavy atom. The van der Waals surface area contributed by atoms with E-state index in [-0.39, 0.29) is 5.92 Å². The molecule has 0 aliphatic carbocycles. The largest absolute Gasteiger partial charge is 0.481 e. The zero-order chi connectivity index (χ0) is 17.0. The fourth-order valence-corrected chi connectivity index (χ4v) is 4.01. The Balaban J connectivity index is 1.59. The van der Waals surface area contributed by atoms with Crippen LogP contribution in [0.4, 0.5) is 0 Å². The maximum Gasteiger partial charge on any atom is 0.312 e. The summed E-state index contributed by atoms with van der Waals surface area (Å²) in [4.78, 5) is 16.5. The highest BCUT2D eigenvalue weighted by Crippen LogP contribution is 2.42. The second-order valence-corrected chi connectivity index (χ2v) is 6.89. The van der Waals surface area contributed by atoms with E-state index in [9.17, 15) is 9.90 Å². The van der Waals surface area contributed by atoms with Gasteiger partial charge in [-0.2, -0.15) is 0 Å². The second-order valence-electron chi connectivity index (χ2n) is 6.89. The van der Waals surface area contributed by atoms with Crippen LogP contribution in [0.2, 0.25) is 0 Å². The number of carboxylic acid groups (broad SMARTS) is 1. The van der Waals surface area contributed by atoms with Gasteiger partial charge in [-0.1, -0.05) is 42.5 Å². The maximum absolute atomic E-state index is 12.0. The van der Waals surface area contributed by atoms with Crippen LogP contribution in [0.5, 0.6) is 0 Å². The van der Waals surface area contributed by atoms with E-state index >= 15 is 0 Å². The first kappa shape index (κ1) is 17.1. The van der Waals surface area contributed by atoms with Crippen molar-refractivity contribution >= 4 is 12.0 Å². The van der Waals surface area contributed by atoms with E-state index in [2.05, 4.69) is 34.1 Å². The Morgan fingerprint density at radius 2 is 2.00 bits per heavy atom. The van der Waals surface area contributed by atoms with Gasteiger partial charge in [0.05, 0.1) is 12.0 Å². The third-order valence-electron chi connectivity index (χ3n) is 5.26. The molecule has 0 saturated carbocycles. The molecule has 5 nitrogen and oxygen atoms in total. The molecular weight excluding hydrogens is 304 g/mol. The van der Waals surface area contributed by atoms with Crippen molar-refractivity contribution in [3.8, 4) is 0 Å². The Kier molecular flexibility index (Phi) is 5.33. The van der Waals surface area contributed by atoms with E-state index < -0.39 is 11.4 Å². The van der Waals surface area contributed by atoms with Crippen molar-refractivity contribution in [1.29, 1.82) is 0 Å². The predicted molar refractivity (Wildman–Crippen MR) is 93.8 cm³/mol. The molecular formula is C19H26N2O3. The van der Waals surface area contributed by atoms with E-state index in [1.54, 1.807) is 7.11 Å². The molecule has 2 saturated heterocycles. The molecule has 0 aromatic heterocycles. The first-order valence-electron chi connectivity index (χ1n) is 8.53. The summed E-state index contributed by atoms with van der Waals surface area (Å²) in [6.45, 7) is 5.26. The lowest BCUT2D eigenvalue weighted by Crippen LogP contribution is -2.41.